The molecule has 9 nitrogen and oxygen atoms in total. The van der Waals surface area contributed by atoms with Gasteiger partial charge in [0.05, 0.1) is 17.9 Å². The lowest BCUT2D eigenvalue weighted by Crippen LogP contribution is -2.44. The minimum atomic E-state index is -0.0169. The summed E-state index contributed by atoms with van der Waals surface area (Å²) >= 11 is 0. The average Bonchev–Trinajstić information content (AvgIpc) is 3.20. The van der Waals surface area contributed by atoms with Crippen molar-refractivity contribution < 1.29 is 4.79 Å². The summed E-state index contributed by atoms with van der Waals surface area (Å²) in [5.74, 6) is 1.84. The zero-order valence-electron chi connectivity index (χ0n) is 20.7. The number of hydrogen-bond acceptors (Lipinski definition) is 5. The first-order chi connectivity index (χ1) is 16.3. The van der Waals surface area contributed by atoms with E-state index in [1.807, 2.05) is 29.9 Å². The third-order valence-electron chi connectivity index (χ3n) is 7.02. The van der Waals surface area contributed by atoms with Crippen LogP contribution in [0.25, 0.3) is 6.08 Å². The van der Waals surface area contributed by atoms with E-state index in [1.165, 1.54) is 0 Å². The standard InChI is InChI=1S/C25H36N8O/c1-6-17(3)21-16-31(5)24(34)20-14-18(7-2)23(33(20)21)29-25(26)28-22-9-8-19(15-27-22)32-12-10-30(4)11-13-32/h7-9,14-15,17,21H,2,6,10-13,16H2,1,3-5H3,(H3,26,27,28,29)/t17?,21-/m1/s1. The summed E-state index contributed by atoms with van der Waals surface area (Å²) in [4.78, 5) is 28.5. The predicted octanol–water partition coefficient (Wildman–Crippen LogP) is 3.01. The Morgan fingerprint density at radius 3 is 2.68 bits per heavy atom. The average molecular weight is 465 g/mol. The maximum absolute atomic E-state index is 12.9. The van der Waals surface area contributed by atoms with Gasteiger partial charge in [0.15, 0.2) is 0 Å². The fourth-order valence-corrected chi connectivity index (χ4v) is 4.64. The number of carbonyl (C=O) groups excluding carboxylic acids is 1. The molecule has 1 amide bonds. The molecule has 182 valence electrons. The van der Waals surface area contributed by atoms with Gasteiger partial charge in [0, 0.05) is 45.3 Å². The highest BCUT2D eigenvalue weighted by atomic mass is 16.2. The molecule has 2 atom stereocenters. The van der Waals surface area contributed by atoms with E-state index in [9.17, 15) is 4.79 Å². The SMILES string of the molecule is C=Cc1cc2n(c1/N=C(\N)Nc1ccc(N3CCN(C)CC3)cn1)[C@@H](C(C)CC)CN(C)C2=O. The maximum Gasteiger partial charge on any atom is 0.270 e. The van der Waals surface area contributed by atoms with Crippen LogP contribution < -0.4 is 16.0 Å². The minimum Gasteiger partial charge on any atom is -0.369 e. The molecule has 4 rings (SSSR count). The highest BCUT2D eigenvalue weighted by Crippen LogP contribution is 2.37. The van der Waals surface area contributed by atoms with Gasteiger partial charge in [0.1, 0.15) is 17.3 Å². The van der Waals surface area contributed by atoms with Crippen LogP contribution in [0.4, 0.5) is 17.3 Å². The molecule has 0 spiro atoms. The molecule has 3 N–H and O–H groups in total. The molecule has 2 aromatic rings. The number of rotatable bonds is 6. The molecule has 4 heterocycles. The van der Waals surface area contributed by atoms with Crippen molar-refractivity contribution in [3.63, 3.8) is 0 Å². The number of guanidine groups is 1. The third kappa shape index (κ3) is 4.65. The molecule has 2 aliphatic heterocycles. The molecule has 1 saturated heterocycles. The number of likely N-dealkylation sites (N-methyl/N-ethyl adjacent to an activating group) is 2. The lowest BCUT2D eigenvalue weighted by molar-refractivity contribution is 0.0690. The molecule has 0 aliphatic carbocycles. The van der Waals surface area contributed by atoms with Gasteiger partial charge in [-0.3, -0.25) is 4.79 Å². The number of pyridine rings is 1. The van der Waals surface area contributed by atoms with E-state index in [1.54, 1.807) is 11.0 Å². The number of piperazine rings is 1. The van der Waals surface area contributed by atoms with Crippen LogP contribution in [0.3, 0.4) is 0 Å². The van der Waals surface area contributed by atoms with Crippen LogP contribution in [0.5, 0.6) is 0 Å². The van der Waals surface area contributed by atoms with Gasteiger partial charge >= 0.3 is 0 Å². The molecule has 9 heteroatoms. The monoisotopic (exact) mass is 464 g/mol. The van der Waals surface area contributed by atoms with Crippen LogP contribution >= 0.6 is 0 Å². The van der Waals surface area contributed by atoms with Gasteiger partial charge in [0.25, 0.3) is 5.91 Å². The van der Waals surface area contributed by atoms with Crippen molar-refractivity contribution in [1.82, 2.24) is 19.4 Å². The number of aliphatic imine (C=N–C) groups is 1. The second kappa shape index (κ2) is 9.89. The molecule has 2 aliphatic rings. The van der Waals surface area contributed by atoms with Gasteiger partial charge in [-0.25, -0.2) is 4.98 Å². The lowest BCUT2D eigenvalue weighted by atomic mass is 9.96. The van der Waals surface area contributed by atoms with E-state index in [0.717, 1.165) is 43.9 Å². The zero-order valence-corrected chi connectivity index (χ0v) is 20.7. The molecule has 0 aromatic carbocycles. The number of nitrogens with two attached hydrogens (primary N) is 1. The largest absolute Gasteiger partial charge is 0.369 e. The molecule has 0 bridgehead atoms. The molecule has 34 heavy (non-hydrogen) atoms. The Balaban J connectivity index is 1.58. The van der Waals surface area contributed by atoms with E-state index in [-0.39, 0.29) is 17.9 Å². The highest BCUT2D eigenvalue weighted by Gasteiger charge is 2.34. The number of nitrogens with zero attached hydrogens (tertiary/aromatic N) is 6. The Morgan fingerprint density at radius 1 is 1.32 bits per heavy atom. The Bertz CT molecular complexity index is 1070. The second-order valence-electron chi connectivity index (χ2n) is 9.34. The van der Waals surface area contributed by atoms with Crippen molar-refractivity contribution >= 4 is 35.3 Å². The van der Waals surface area contributed by atoms with Gasteiger partial charge in [0.2, 0.25) is 5.96 Å². The molecule has 0 radical (unpaired) electrons. The normalized spacial score (nSPS) is 20.3. The van der Waals surface area contributed by atoms with E-state index in [4.69, 9.17) is 10.7 Å². The smallest absolute Gasteiger partial charge is 0.270 e. The molecule has 1 fully saturated rings. The number of nitrogens with one attached hydrogen (secondary N) is 1. The van der Waals surface area contributed by atoms with Crippen LogP contribution in [0.2, 0.25) is 0 Å². The van der Waals surface area contributed by atoms with Crippen LogP contribution in [0, 0.1) is 5.92 Å². The predicted molar refractivity (Wildman–Crippen MR) is 139 cm³/mol. The number of amides is 1. The van der Waals surface area contributed by atoms with Gasteiger partial charge in [-0.15, -0.1) is 0 Å². The van der Waals surface area contributed by atoms with E-state index in [2.05, 4.69) is 53.6 Å². The summed E-state index contributed by atoms with van der Waals surface area (Å²) in [6.45, 7) is 13.0. The van der Waals surface area contributed by atoms with Crippen LogP contribution in [0.15, 0.2) is 36.0 Å². The number of hydrogen-bond donors (Lipinski definition) is 2. The Kier molecular flexibility index (Phi) is 6.92. The topological polar surface area (TPSA) is 95.0 Å². The highest BCUT2D eigenvalue weighted by molar-refractivity contribution is 5.97. The molecule has 2 aromatic heterocycles. The third-order valence-corrected chi connectivity index (χ3v) is 7.02. The van der Waals surface area contributed by atoms with Gasteiger partial charge in [-0.05, 0) is 31.2 Å². The Hall–Kier alpha value is -3.33. The van der Waals surface area contributed by atoms with Crippen LogP contribution in [-0.2, 0) is 0 Å². The summed E-state index contributed by atoms with van der Waals surface area (Å²) in [6, 6.07) is 5.94. The first-order valence-electron chi connectivity index (χ1n) is 12.0. The first-order valence-corrected chi connectivity index (χ1v) is 12.0. The minimum absolute atomic E-state index is 0.0169. The van der Waals surface area contributed by atoms with Gasteiger partial charge in [-0.2, -0.15) is 4.99 Å². The summed E-state index contributed by atoms with van der Waals surface area (Å²) in [5, 5.41) is 3.10. The van der Waals surface area contributed by atoms with Crippen molar-refractivity contribution in [1.29, 1.82) is 0 Å². The number of aromatic nitrogens is 2. The second-order valence-corrected chi connectivity index (χ2v) is 9.34. The molecular formula is C25H36N8O. The fraction of sp³-hybridized carbons (Fsp3) is 0.480. The first kappa shape index (κ1) is 23.8. The maximum atomic E-state index is 12.9. The van der Waals surface area contributed by atoms with Crippen molar-refractivity contribution in [3.8, 4) is 0 Å². The van der Waals surface area contributed by atoms with Crippen LogP contribution in [0.1, 0.15) is 42.4 Å². The van der Waals surface area contributed by atoms with Crippen molar-refractivity contribution in [2.75, 3.05) is 57.0 Å². The zero-order chi connectivity index (χ0) is 24.4. The number of fused-ring (bicyclic) bond motifs is 1. The summed E-state index contributed by atoms with van der Waals surface area (Å²) in [6.07, 6.45) is 4.58. The quantitative estimate of drug-likeness (QED) is 0.504. The number of carbonyl (C=O) groups is 1. The van der Waals surface area contributed by atoms with Crippen molar-refractivity contribution in [2.45, 2.75) is 26.3 Å². The Labute approximate surface area is 201 Å². The van der Waals surface area contributed by atoms with Gasteiger partial charge in [-0.1, -0.05) is 32.9 Å². The number of anilines is 2. The Morgan fingerprint density at radius 2 is 2.06 bits per heavy atom. The lowest BCUT2D eigenvalue weighted by Gasteiger charge is -2.36. The summed E-state index contributed by atoms with van der Waals surface area (Å²) in [7, 11) is 3.99. The van der Waals surface area contributed by atoms with Crippen molar-refractivity contribution in [3.05, 3.63) is 42.2 Å². The fourth-order valence-electron chi connectivity index (χ4n) is 4.64. The summed E-state index contributed by atoms with van der Waals surface area (Å²) in [5.41, 5.74) is 8.81. The molecular weight excluding hydrogens is 428 g/mol. The van der Waals surface area contributed by atoms with E-state index >= 15 is 0 Å². The molecule has 0 saturated carbocycles. The van der Waals surface area contributed by atoms with Crippen molar-refractivity contribution in [2.24, 2.45) is 16.6 Å². The van der Waals surface area contributed by atoms with E-state index < -0.39 is 0 Å². The summed E-state index contributed by atoms with van der Waals surface area (Å²) < 4.78 is 2.03. The van der Waals surface area contributed by atoms with E-state index in [0.29, 0.717) is 29.8 Å². The van der Waals surface area contributed by atoms with Gasteiger partial charge < -0.3 is 30.3 Å². The molecule has 1 unspecified atom stereocenters. The van der Waals surface area contributed by atoms with Crippen LogP contribution in [-0.4, -0.2) is 78.0 Å².